The molecule has 2 rings (SSSR count). The number of aryl methyl sites for hydroxylation is 1. The topological polar surface area (TPSA) is 28.2 Å². The van der Waals surface area contributed by atoms with Gasteiger partial charge in [-0.25, -0.2) is 0 Å². The molecule has 1 N–H and O–H groups in total. The molecule has 1 aliphatic heterocycles. The van der Waals surface area contributed by atoms with E-state index in [0.29, 0.717) is 0 Å². The summed E-state index contributed by atoms with van der Waals surface area (Å²) in [5.41, 5.74) is 2.25. The lowest BCUT2D eigenvalue weighted by Crippen LogP contribution is -2.24. The van der Waals surface area contributed by atoms with Gasteiger partial charge in [0.1, 0.15) is 0 Å². The highest BCUT2D eigenvalue weighted by molar-refractivity contribution is 5.40. The van der Waals surface area contributed by atoms with E-state index in [-0.39, 0.29) is 0 Å². The standard InChI is InChI=1S/C9H14N2.C6H13N.C2H6/c1-3-8-5-6-9(7-11-8)10-4-2;1-7-5-3-2-4-6-7;1-2/h5-7,10H,3-4H2,1-2H3;2-6H2,1H3;1-2H3. The average molecular weight is 279 g/mol. The van der Waals surface area contributed by atoms with E-state index < -0.39 is 0 Å². The maximum Gasteiger partial charge on any atom is 0.0526 e. The van der Waals surface area contributed by atoms with Crippen LogP contribution in [0.15, 0.2) is 18.3 Å². The van der Waals surface area contributed by atoms with Crippen molar-refractivity contribution in [2.75, 3.05) is 32.0 Å². The Balaban J connectivity index is 0.000000345. The van der Waals surface area contributed by atoms with Crippen LogP contribution in [0.25, 0.3) is 0 Å². The van der Waals surface area contributed by atoms with Gasteiger partial charge in [0.15, 0.2) is 0 Å². The van der Waals surface area contributed by atoms with E-state index in [9.17, 15) is 0 Å². The summed E-state index contributed by atoms with van der Waals surface area (Å²) >= 11 is 0. The van der Waals surface area contributed by atoms with Crippen molar-refractivity contribution in [3.05, 3.63) is 24.0 Å². The summed E-state index contributed by atoms with van der Waals surface area (Å²) in [5.74, 6) is 0. The van der Waals surface area contributed by atoms with Crippen molar-refractivity contribution in [3.63, 3.8) is 0 Å². The van der Waals surface area contributed by atoms with Gasteiger partial charge in [0.05, 0.1) is 11.9 Å². The Kier molecular flexibility index (Phi) is 12.2. The van der Waals surface area contributed by atoms with Crippen molar-refractivity contribution in [2.24, 2.45) is 0 Å². The summed E-state index contributed by atoms with van der Waals surface area (Å²) < 4.78 is 0. The third kappa shape index (κ3) is 8.92. The number of pyridine rings is 1. The lowest BCUT2D eigenvalue weighted by Gasteiger charge is -2.20. The Morgan fingerprint density at radius 2 is 1.75 bits per heavy atom. The van der Waals surface area contributed by atoms with E-state index in [1.54, 1.807) is 0 Å². The van der Waals surface area contributed by atoms with E-state index in [2.05, 4.69) is 48.2 Å². The normalized spacial score (nSPS) is 14.4. The molecule has 0 saturated carbocycles. The summed E-state index contributed by atoms with van der Waals surface area (Å²) in [6, 6.07) is 4.12. The van der Waals surface area contributed by atoms with Gasteiger partial charge < -0.3 is 10.2 Å². The molecular formula is C17H33N3. The van der Waals surface area contributed by atoms with Crippen LogP contribution in [0.3, 0.4) is 0 Å². The fourth-order valence-corrected chi connectivity index (χ4v) is 1.99. The van der Waals surface area contributed by atoms with E-state index in [0.717, 1.165) is 24.3 Å². The van der Waals surface area contributed by atoms with Crippen LogP contribution in [0.1, 0.15) is 52.7 Å². The van der Waals surface area contributed by atoms with Crippen LogP contribution in [-0.4, -0.2) is 36.6 Å². The molecule has 0 radical (unpaired) electrons. The van der Waals surface area contributed by atoms with Gasteiger partial charge in [0, 0.05) is 12.2 Å². The summed E-state index contributed by atoms with van der Waals surface area (Å²) in [7, 11) is 2.19. The zero-order valence-corrected chi connectivity index (χ0v) is 14.1. The summed E-state index contributed by atoms with van der Waals surface area (Å²) in [5, 5.41) is 3.20. The van der Waals surface area contributed by atoms with Crippen LogP contribution in [0.4, 0.5) is 5.69 Å². The van der Waals surface area contributed by atoms with Crippen molar-refractivity contribution in [1.82, 2.24) is 9.88 Å². The molecule has 0 unspecified atom stereocenters. The maximum atomic E-state index is 4.25. The molecule has 116 valence electrons. The molecule has 1 aromatic rings. The quantitative estimate of drug-likeness (QED) is 0.898. The largest absolute Gasteiger partial charge is 0.384 e. The summed E-state index contributed by atoms with van der Waals surface area (Å²) in [6.07, 6.45) is 7.16. The second-order valence-electron chi connectivity index (χ2n) is 4.79. The molecule has 0 aliphatic carbocycles. The fraction of sp³-hybridized carbons (Fsp3) is 0.706. The van der Waals surface area contributed by atoms with Crippen LogP contribution in [-0.2, 0) is 6.42 Å². The Morgan fingerprint density at radius 1 is 1.10 bits per heavy atom. The van der Waals surface area contributed by atoms with E-state index >= 15 is 0 Å². The van der Waals surface area contributed by atoms with Crippen LogP contribution >= 0.6 is 0 Å². The Labute approximate surface area is 125 Å². The number of hydrogen-bond acceptors (Lipinski definition) is 3. The highest BCUT2D eigenvalue weighted by Gasteiger charge is 2.02. The lowest BCUT2D eigenvalue weighted by molar-refractivity contribution is 0.277. The van der Waals surface area contributed by atoms with Gasteiger partial charge >= 0.3 is 0 Å². The minimum absolute atomic E-state index is 0.952. The molecule has 20 heavy (non-hydrogen) atoms. The number of nitrogens with one attached hydrogen (secondary N) is 1. The number of aromatic nitrogens is 1. The van der Waals surface area contributed by atoms with Gasteiger partial charge in [-0.05, 0) is 58.5 Å². The number of likely N-dealkylation sites (tertiary alicyclic amines) is 1. The summed E-state index contributed by atoms with van der Waals surface area (Å²) in [4.78, 5) is 6.65. The van der Waals surface area contributed by atoms with Gasteiger partial charge in [-0.15, -0.1) is 0 Å². The Hall–Kier alpha value is -1.09. The molecule has 3 nitrogen and oxygen atoms in total. The molecule has 0 spiro atoms. The van der Waals surface area contributed by atoms with Crippen LogP contribution < -0.4 is 5.32 Å². The first-order valence-corrected chi connectivity index (χ1v) is 8.13. The first-order chi connectivity index (χ1) is 9.76. The van der Waals surface area contributed by atoms with Crippen molar-refractivity contribution >= 4 is 5.69 Å². The smallest absolute Gasteiger partial charge is 0.0526 e. The predicted molar refractivity (Wildman–Crippen MR) is 90.5 cm³/mol. The summed E-state index contributed by atoms with van der Waals surface area (Å²) in [6.45, 7) is 11.8. The maximum absolute atomic E-state index is 4.25. The van der Waals surface area contributed by atoms with Crippen LogP contribution in [0.5, 0.6) is 0 Å². The average Bonchev–Trinajstić information content (AvgIpc) is 2.52. The van der Waals surface area contributed by atoms with E-state index in [1.807, 2.05) is 20.0 Å². The molecule has 2 heterocycles. The van der Waals surface area contributed by atoms with Gasteiger partial charge in [-0.1, -0.05) is 27.2 Å². The van der Waals surface area contributed by atoms with E-state index in [1.165, 1.54) is 32.4 Å². The number of rotatable bonds is 3. The zero-order valence-electron chi connectivity index (χ0n) is 14.1. The second kappa shape index (κ2) is 12.9. The molecule has 0 amide bonds. The molecule has 0 bridgehead atoms. The number of piperidine rings is 1. The van der Waals surface area contributed by atoms with Crippen molar-refractivity contribution in [1.29, 1.82) is 0 Å². The first-order valence-electron chi connectivity index (χ1n) is 8.13. The SMILES string of the molecule is CC.CCNc1ccc(CC)nc1.CN1CCCCC1. The zero-order chi connectivity index (χ0) is 15.2. The van der Waals surface area contributed by atoms with E-state index in [4.69, 9.17) is 0 Å². The Morgan fingerprint density at radius 3 is 2.10 bits per heavy atom. The number of nitrogens with zero attached hydrogens (tertiary/aromatic N) is 2. The molecule has 0 atom stereocenters. The van der Waals surface area contributed by atoms with Gasteiger partial charge in [0.25, 0.3) is 0 Å². The monoisotopic (exact) mass is 279 g/mol. The molecular weight excluding hydrogens is 246 g/mol. The highest BCUT2D eigenvalue weighted by Crippen LogP contribution is 2.05. The molecule has 0 aromatic carbocycles. The van der Waals surface area contributed by atoms with Crippen molar-refractivity contribution in [3.8, 4) is 0 Å². The third-order valence-corrected chi connectivity index (χ3v) is 3.15. The lowest BCUT2D eigenvalue weighted by atomic mass is 10.1. The number of hydrogen-bond donors (Lipinski definition) is 1. The van der Waals surface area contributed by atoms with Gasteiger partial charge in [-0.2, -0.15) is 0 Å². The molecule has 1 aromatic heterocycles. The second-order valence-corrected chi connectivity index (χ2v) is 4.79. The van der Waals surface area contributed by atoms with Crippen molar-refractivity contribution < 1.29 is 0 Å². The number of anilines is 1. The first kappa shape index (κ1) is 18.9. The van der Waals surface area contributed by atoms with Crippen LogP contribution in [0.2, 0.25) is 0 Å². The molecule has 1 aliphatic rings. The van der Waals surface area contributed by atoms with Gasteiger partial charge in [0.2, 0.25) is 0 Å². The van der Waals surface area contributed by atoms with Gasteiger partial charge in [-0.3, -0.25) is 4.98 Å². The minimum atomic E-state index is 0.952. The molecule has 1 fully saturated rings. The fourth-order valence-electron chi connectivity index (χ4n) is 1.99. The molecule has 3 heteroatoms. The van der Waals surface area contributed by atoms with Crippen LogP contribution in [0, 0.1) is 0 Å². The van der Waals surface area contributed by atoms with Crippen molar-refractivity contribution in [2.45, 2.75) is 53.4 Å². The molecule has 1 saturated heterocycles. The minimum Gasteiger partial charge on any atom is -0.384 e. The predicted octanol–water partition coefficient (Wildman–Crippen LogP) is 4.20. The third-order valence-electron chi connectivity index (χ3n) is 3.15. The Bertz CT molecular complexity index is 303. The highest BCUT2D eigenvalue weighted by atomic mass is 15.1.